The van der Waals surface area contributed by atoms with E-state index in [9.17, 15) is 4.39 Å². The van der Waals surface area contributed by atoms with Gasteiger partial charge in [0.1, 0.15) is 18.0 Å². The van der Waals surface area contributed by atoms with Crippen LogP contribution in [0.15, 0.2) is 24.5 Å². The highest BCUT2D eigenvalue weighted by atomic mass is 19.1. The molecule has 0 spiro atoms. The largest absolute Gasteiger partial charge is 0.320 e. The molecular formula is C12H12FN5. The Morgan fingerprint density at radius 3 is 2.94 bits per heavy atom. The average molecular weight is 245 g/mol. The van der Waals surface area contributed by atoms with Crippen molar-refractivity contribution in [1.82, 2.24) is 20.1 Å². The van der Waals surface area contributed by atoms with E-state index in [2.05, 4.69) is 15.5 Å². The fourth-order valence-electron chi connectivity index (χ4n) is 1.59. The van der Waals surface area contributed by atoms with E-state index in [0.29, 0.717) is 24.2 Å². The monoisotopic (exact) mass is 245 g/mol. The Labute approximate surface area is 104 Å². The van der Waals surface area contributed by atoms with Gasteiger partial charge >= 0.3 is 0 Å². The van der Waals surface area contributed by atoms with Crippen LogP contribution in [0, 0.1) is 17.1 Å². The third-order valence-corrected chi connectivity index (χ3v) is 2.59. The zero-order chi connectivity index (χ0) is 13.0. The Morgan fingerprint density at radius 1 is 1.44 bits per heavy atom. The first-order valence-corrected chi connectivity index (χ1v) is 5.43. The second kappa shape index (κ2) is 5.38. The predicted octanol–water partition coefficient (Wildman–Crippen LogP) is 1.12. The molecule has 0 aliphatic heterocycles. The van der Waals surface area contributed by atoms with E-state index < -0.39 is 0 Å². The van der Waals surface area contributed by atoms with Gasteiger partial charge in [-0.2, -0.15) is 5.26 Å². The summed E-state index contributed by atoms with van der Waals surface area (Å²) in [5, 5.41) is 19.7. The molecule has 1 N–H and O–H groups in total. The van der Waals surface area contributed by atoms with Crippen molar-refractivity contribution in [3.63, 3.8) is 0 Å². The molecule has 0 aliphatic carbocycles. The fraction of sp³-hybridized carbons (Fsp3) is 0.250. The molecule has 5 nitrogen and oxygen atoms in total. The molecule has 92 valence electrons. The van der Waals surface area contributed by atoms with Crippen molar-refractivity contribution in [2.75, 3.05) is 0 Å². The number of aromatic nitrogens is 3. The molecule has 0 unspecified atom stereocenters. The molecule has 1 aromatic carbocycles. The number of halogens is 1. The quantitative estimate of drug-likeness (QED) is 0.876. The summed E-state index contributed by atoms with van der Waals surface area (Å²) in [7, 11) is 1.85. The molecule has 6 heteroatoms. The van der Waals surface area contributed by atoms with E-state index in [-0.39, 0.29) is 5.82 Å². The van der Waals surface area contributed by atoms with Gasteiger partial charge in [0, 0.05) is 13.6 Å². The van der Waals surface area contributed by atoms with E-state index in [1.165, 1.54) is 18.2 Å². The molecule has 2 rings (SSSR count). The molecule has 18 heavy (non-hydrogen) atoms. The highest BCUT2D eigenvalue weighted by Gasteiger charge is 2.05. The average Bonchev–Trinajstić information content (AvgIpc) is 2.76. The Kier molecular flexibility index (Phi) is 3.65. The summed E-state index contributed by atoms with van der Waals surface area (Å²) in [6.45, 7) is 0.922. The van der Waals surface area contributed by atoms with Crippen LogP contribution in [0.25, 0.3) is 0 Å². The minimum Gasteiger partial charge on any atom is -0.320 e. The molecule has 0 bridgehead atoms. The molecule has 2 aromatic rings. The molecule has 0 saturated carbocycles. The summed E-state index contributed by atoms with van der Waals surface area (Å²) in [4.78, 5) is 0. The second-order valence-electron chi connectivity index (χ2n) is 3.87. The van der Waals surface area contributed by atoms with Gasteiger partial charge in [-0.1, -0.05) is 0 Å². The van der Waals surface area contributed by atoms with Crippen molar-refractivity contribution in [3.8, 4) is 6.07 Å². The van der Waals surface area contributed by atoms with E-state index in [1.807, 2.05) is 13.1 Å². The lowest BCUT2D eigenvalue weighted by molar-refractivity contribution is 0.612. The molecule has 0 aliphatic rings. The lowest BCUT2D eigenvalue weighted by Gasteiger charge is -2.06. The SMILES string of the molecule is Cn1cnnc1CNCc1cc(F)ccc1C#N. The summed E-state index contributed by atoms with van der Waals surface area (Å²) in [5.74, 6) is 0.439. The maximum atomic E-state index is 13.1. The van der Waals surface area contributed by atoms with Crippen LogP contribution >= 0.6 is 0 Å². The smallest absolute Gasteiger partial charge is 0.146 e. The van der Waals surface area contributed by atoms with Gasteiger partial charge in [-0.15, -0.1) is 10.2 Å². The molecule has 0 radical (unpaired) electrons. The first-order valence-electron chi connectivity index (χ1n) is 5.43. The van der Waals surface area contributed by atoms with Crippen LogP contribution in [0.2, 0.25) is 0 Å². The van der Waals surface area contributed by atoms with Crippen molar-refractivity contribution in [2.24, 2.45) is 7.05 Å². The van der Waals surface area contributed by atoms with Crippen LogP contribution in [0.3, 0.4) is 0 Å². The van der Waals surface area contributed by atoms with Crippen molar-refractivity contribution < 1.29 is 4.39 Å². The van der Waals surface area contributed by atoms with Gasteiger partial charge in [0.15, 0.2) is 0 Å². The number of nitrogens with zero attached hydrogens (tertiary/aromatic N) is 4. The maximum Gasteiger partial charge on any atom is 0.146 e. The zero-order valence-corrected chi connectivity index (χ0v) is 9.89. The molecule has 0 atom stereocenters. The van der Waals surface area contributed by atoms with Gasteiger partial charge in [0.05, 0.1) is 18.2 Å². The number of hydrogen-bond acceptors (Lipinski definition) is 4. The highest BCUT2D eigenvalue weighted by Crippen LogP contribution is 2.10. The van der Waals surface area contributed by atoms with Crippen molar-refractivity contribution in [3.05, 3.63) is 47.3 Å². The molecule has 0 amide bonds. The summed E-state index contributed by atoms with van der Waals surface area (Å²) in [6.07, 6.45) is 1.61. The summed E-state index contributed by atoms with van der Waals surface area (Å²) < 4.78 is 14.9. The second-order valence-corrected chi connectivity index (χ2v) is 3.87. The van der Waals surface area contributed by atoms with Gasteiger partial charge in [-0.25, -0.2) is 4.39 Å². The van der Waals surface area contributed by atoms with Gasteiger partial charge in [-0.05, 0) is 23.8 Å². The van der Waals surface area contributed by atoms with Crippen molar-refractivity contribution >= 4 is 0 Å². The van der Waals surface area contributed by atoms with Crippen LogP contribution in [0.5, 0.6) is 0 Å². The summed E-state index contributed by atoms with van der Waals surface area (Å²) >= 11 is 0. The van der Waals surface area contributed by atoms with E-state index in [1.54, 1.807) is 10.9 Å². The summed E-state index contributed by atoms with van der Waals surface area (Å²) in [5.41, 5.74) is 1.11. The van der Waals surface area contributed by atoms with Crippen LogP contribution in [0.1, 0.15) is 17.0 Å². The molecular weight excluding hydrogens is 233 g/mol. The number of nitriles is 1. The zero-order valence-electron chi connectivity index (χ0n) is 9.89. The standard InChI is InChI=1S/C12H12FN5/c1-18-8-16-17-12(18)7-15-6-10-4-11(13)3-2-9(10)5-14/h2-4,8,15H,6-7H2,1H3. The molecule has 0 saturated heterocycles. The highest BCUT2D eigenvalue weighted by molar-refractivity contribution is 5.37. The summed E-state index contributed by atoms with van der Waals surface area (Å²) in [6, 6.07) is 6.16. The first-order chi connectivity index (χ1) is 8.70. The number of aryl methyl sites for hydroxylation is 1. The predicted molar refractivity (Wildman–Crippen MR) is 62.7 cm³/mol. The van der Waals surface area contributed by atoms with Crippen molar-refractivity contribution in [2.45, 2.75) is 13.1 Å². The Hall–Kier alpha value is -2.26. The van der Waals surface area contributed by atoms with Crippen LogP contribution in [-0.4, -0.2) is 14.8 Å². The Morgan fingerprint density at radius 2 is 2.28 bits per heavy atom. The Balaban J connectivity index is 2.00. The van der Waals surface area contributed by atoms with Crippen LogP contribution < -0.4 is 5.32 Å². The minimum absolute atomic E-state index is 0.343. The maximum absolute atomic E-state index is 13.1. The lowest BCUT2D eigenvalue weighted by atomic mass is 10.1. The Bertz CT molecular complexity index is 584. The van der Waals surface area contributed by atoms with Gasteiger partial charge in [-0.3, -0.25) is 0 Å². The topological polar surface area (TPSA) is 66.5 Å². The number of nitrogens with one attached hydrogen (secondary N) is 1. The van der Waals surface area contributed by atoms with E-state index >= 15 is 0 Å². The van der Waals surface area contributed by atoms with E-state index in [0.717, 1.165) is 5.82 Å². The van der Waals surface area contributed by atoms with Gasteiger partial charge in [0.2, 0.25) is 0 Å². The van der Waals surface area contributed by atoms with Crippen LogP contribution in [0.4, 0.5) is 4.39 Å². The van der Waals surface area contributed by atoms with Gasteiger partial charge in [0.25, 0.3) is 0 Å². The third-order valence-electron chi connectivity index (χ3n) is 2.59. The lowest BCUT2D eigenvalue weighted by Crippen LogP contribution is -2.16. The van der Waals surface area contributed by atoms with Crippen molar-refractivity contribution in [1.29, 1.82) is 5.26 Å². The van der Waals surface area contributed by atoms with E-state index in [4.69, 9.17) is 5.26 Å². The molecule has 1 aromatic heterocycles. The van der Waals surface area contributed by atoms with Crippen LogP contribution in [-0.2, 0) is 20.1 Å². The number of benzene rings is 1. The molecule has 1 heterocycles. The first kappa shape index (κ1) is 12.2. The number of hydrogen-bond donors (Lipinski definition) is 1. The normalized spacial score (nSPS) is 10.3. The third kappa shape index (κ3) is 2.70. The van der Waals surface area contributed by atoms with Gasteiger partial charge < -0.3 is 9.88 Å². The molecule has 0 fully saturated rings. The minimum atomic E-state index is -0.343. The fourth-order valence-corrected chi connectivity index (χ4v) is 1.59. The number of rotatable bonds is 4.